The number of rotatable bonds is 5. The highest BCUT2D eigenvalue weighted by atomic mass is 19.1. The number of halogens is 1. The van der Waals surface area contributed by atoms with E-state index >= 15 is 0 Å². The molecule has 0 heterocycles. The number of aliphatic imine (C=N–C) groups is 1. The Bertz CT molecular complexity index is 609. The Morgan fingerprint density at radius 3 is 2.45 bits per heavy atom. The van der Waals surface area contributed by atoms with E-state index in [9.17, 15) is 4.39 Å². The van der Waals surface area contributed by atoms with Crippen molar-refractivity contribution < 1.29 is 4.39 Å². The molecule has 0 aliphatic heterocycles. The van der Waals surface area contributed by atoms with E-state index in [1.165, 1.54) is 11.6 Å². The standard InChI is InChI=1S/C18H22FN3/c1-22(2)18(21-14-16-7-4-3-5-8-16)20-12-11-15-9-6-10-17(19)13-15/h3-10,13H,11-12,14H2,1-2H3,(H,20,21). The zero-order chi connectivity index (χ0) is 15.8. The van der Waals surface area contributed by atoms with Gasteiger partial charge in [0.15, 0.2) is 5.96 Å². The van der Waals surface area contributed by atoms with Gasteiger partial charge in [0, 0.05) is 20.6 Å². The largest absolute Gasteiger partial charge is 0.356 e. The van der Waals surface area contributed by atoms with Crippen LogP contribution in [0.25, 0.3) is 0 Å². The molecule has 2 rings (SSSR count). The average molecular weight is 299 g/mol. The number of nitrogens with one attached hydrogen (secondary N) is 1. The van der Waals surface area contributed by atoms with E-state index in [1.54, 1.807) is 12.1 Å². The normalized spacial score (nSPS) is 11.3. The molecule has 0 saturated heterocycles. The second-order valence-electron chi connectivity index (χ2n) is 5.33. The molecule has 0 fully saturated rings. The lowest BCUT2D eigenvalue weighted by molar-refractivity contribution is 0.578. The molecule has 3 nitrogen and oxygen atoms in total. The first kappa shape index (κ1) is 16.0. The van der Waals surface area contributed by atoms with Gasteiger partial charge in [0.25, 0.3) is 0 Å². The van der Waals surface area contributed by atoms with Crippen LogP contribution >= 0.6 is 0 Å². The van der Waals surface area contributed by atoms with Gasteiger partial charge >= 0.3 is 0 Å². The second kappa shape index (κ2) is 8.17. The first-order valence-corrected chi connectivity index (χ1v) is 7.39. The fourth-order valence-corrected chi connectivity index (χ4v) is 2.12. The topological polar surface area (TPSA) is 27.6 Å². The van der Waals surface area contributed by atoms with Gasteiger partial charge in [-0.15, -0.1) is 0 Å². The molecule has 0 saturated carbocycles. The van der Waals surface area contributed by atoms with Gasteiger partial charge in [-0.2, -0.15) is 0 Å². The fourth-order valence-electron chi connectivity index (χ4n) is 2.12. The zero-order valence-corrected chi connectivity index (χ0v) is 13.1. The van der Waals surface area contributed by atoms with Gasteiger partial charge in [0.05, 0.1) is 6.54 Å². The molecule has 0 radical (unpaired) electrons. The number of benzene rings is 2. The fraction of sp³-hybridized carbons (Fsp3) is 0.278. The van der Waals surface area contributed by atoms with Gasteiger partial charge in [0.2, 0.25) is 0 Å². The zero-order valence-electron chi connectivity index (χ0n) is 13.1. The lowest BCUT2D eigenvalue weighted by Gasteiger charge is -2.17. The number of nitrogens with zero attached hydrogens (tertiary/aromatic N) is 2. The lowest BCUT2D eigenvalue weighted by atomic mass is 10.1. The van der Waals surface area contributed by atoms with Crippen LogP contribution in [0.15, 0.2) is 59.6 Å². The summed E-state index contributed by atoms with van der Waals surface area (Å²) < 4.78 is 13.1. The van der Waals surface area contributed by atoms with Gasteiger partial charge in [-0.1, -0.05) is 42.5 Å². The van der Waals surface area contributed by atoms with E-state index in [0.29, 0.717) is 6.54 Å². The third-order valence-corrected chi connectivity index (χ3v) is 3.26. The highest BCUT2D eigenvalue weighted by Crippen LogP contribution is 2.04. The van der Waals surface area contributed by atoms with Crippen LogP contribution in [0.1, 0.15) is 11.1 Å². The van der Waals surface area contributed by atoms with E-state index < -0.39 is 0 Å². The molecular formula is C18H22FN3. The average Bonchev–Trinajstić information content (AvgIpc) is 2.51. The van der Waals surface area contributed by atoms with Crippen molar-refractivity contribution in [3.8, 4) is 0 Å². The first-order chi connectivity index (χ1) is 10.6. The maximum Gasteiger partial charge on any atom is 0.193 e. The Hall–Kier alpha value is -2.36. The van der Waals surface area contributed by atoms with Crippen molar-refractivity contribution in [3.63, 3.8) is 0 Å². The molecule has 0 atom stereocenters. The predicted octanol–water partition coefficient (Wildman–Crippen LogP) is 3.08. The molecule has 0 unspecified atom stereocenters. The minimum absolute atomic E-state index is 0.192. The summed E-state index contributed by atoms with van der Waals surface area (Å²) in [6, 6.07) is 16.8. The van der Waals surface area contributed by atoms with Crippen molar-refractivity contribution >= 4 is 5.96 Å². The molecule has 0 spiro atoms. The second-order valence-corrected chi connectivity index (χ2v) is 5.33. The molecule has 4 heteroatoms. The van der Waals surface area contributed by atoms with Crippen molar-refractivity contribution in [2.24, 2.45) is 4.99 Å². The van der Waals surface area contributed by atoms with Crippen LogP contribution in [0, 0.1) is 5.82 Å². The predicted molar refractivity (Wildman–Crippen MR) is 89.4 cm³/mol. The van der Waals surface area contributed by atoms with Crippen molar-refractivity contribution in [2.75, 3.05) is 20.6 Å². The molecule has 0 aromatic heterocycles. The summed E-state index contributed by atoms with van der Waals surface area (Å²) in [5.41, 5.74) is 2.16. The molecule has 0 aliphatic rings. The van der Waals surface area contributed by atoms with Crippen LogP contribution in [-0.2, 0) is 13.0 Å². The first-order valence-electron chi connectivity index (χ1n) is 7.39. The van der Waals surface area contributed by atoms with Gasteiger partial charge in [-0.25, -0.2) is 9.38 Å². The van der Waals surface area contributed by atoms with Crippen LogP contribution in [0.3, 0.4) is 0 Å². The molecule has 22 heavy (non-hydrogen) atoms. The number of guanidine groups is 1. The molecule has 2 aromatic carbocycles. The van der Waals surface area contributed by atoms with E-state index in [0.717, 1.165) is 24.5 Å². The summed E-state index contributed by atoms with van der Waals surface area (Å²) in [6.45, 7) is 1.36. The Balaban J connectivity index is 1.89. The lowest BCUT2D eigenvalue weighted by Crippen LogP contribution is -2.37. The maximum absolute atomic E-state index is 13.1. The van der Waals surface area contributed by atoms with Crippen LogP contribution in [-0.4, -0.2) is 31.5 Å². The molecule has 2 aromatic rings. The minimum atomic E-state index is -0.192. The minimum Gasteiger partial charge on any atom is -0.356 e. The van der Waals surface area contributed by atoms with Crippen LogP contribution in [0.4, 0.5) is 4.39 Å². The Morgan fingerprint density at radius 2 is 1.77 bits per heavy atom. The Morgan fingerprint density at radius 1 is 1.05 bits per heavy atom. The third kappa shape index (κ3) is 5.20. The van der Waals surface area contributed by atoms with Crippen LogP contribution in [0.5, 0.6) is 0 Å². The third-order valence-electron chi connectivity index (χ3n) is 3.26. The molecule has 0 bridgehead atoms. The number of hydrogen-bond donors (Lipinski definition) is 1. The monoisotopic (exact) mass is 299 g/mol. The van der Waals surface area contributed by atoms with Crippen molar-refractivity contribution in [1.82, 2.24) is 10.2 Å². The van der Waals surface area contributed by atoms with Gasteiger partial charge in [0.1, 0.15) is 5.82 Å². The SMILES string of the molecule is CN(C)C(=NCc1ccccc1)NCCc1cccc(F)c1. The van der Waals surface area contributed by atoms with Crippen LogP contribution < -0.4 is 5.32 Å². The highest BCUT2D eigenvalue weighted by molar-refractivity contribution is 5.79. The highest BCUT2D eigenvalue weighted by Gasteiger charge is 2.02. The van der Waals surface area contributed by atoms with E-state index in [1.807, 2.05) is 43.3 Å². The van der Waals surface area contributed by atoms with Crippen LogP contribution in [0.2, 0.25) is 0 Å². The van der Waals surface area contributed by atoms with Crippen molar-refractivity contribution in [3.05, 3.63) is 71.5 Å². The van der Waals surface area contributed by atoms with Gasteiger partial charge in [-0.3, -0.25) is 0 Å². The maximum atomic E-state index is 13.1. The van der Waals surface area contributed by atoms with Crippen molar-refractivity contribution in [1.29, 1.82) is 0 Å². The summed E-state index contributed by atoms with van der Waals surface area (Å²) in [6.07, 6.45) is 0.760. The molecule has 0 aliphatic carbocycles. The van der Waals surface area contributed by atoms with Gasteiger partial charge in [-0.05, 0) is 29.7 Å². The summed E-state index contributed by atoms with van der Waals surface area (Å²) in [5.74, 6) is 0.642. The smallest absolute Gasteiger partial charge is 0.193 e. The summed E-state index contributed by atoms with van der Waals surface area (Å²) >= 11 is 0. The molecular weight excluding hydrogens is 277 g/mol. The number of hydrogen-bond acceptors (Lipinski definition) is 1. The molecule has 0 amide bonds. The summed E-state index contributed by atoms with van der Waals surface area (Å²) in [7, 11) is 3.91. The Kier molecular flexibility index (Phi) is 5.95. The summed E-state index contributed by atoms with van der Waals surface area (Å²) in [5, 5.41) is 3.31. The van der Waals surface area contributed by atoms with Gasteiger partial charge < -0.3 is 10.2 Å². The van der Waals surface area contributed by atoms with E-state index in [4.69, 9.17) is 0 Å². The summed E-state index contributed by atoms with van der Waals surface area (Å²) in [4.78, 5) is 6.55. The molecule has 116 valence electrons. The van der Waals surface area contributed by atoms with Crippen molar-refractivity contribution in [2.45, 2.75) is 13.0 Å². The van der Waals surface area contributed by atoms with E-state index in [-0.39, 0.29) is 5.82 Å². The Labute approximate surface area is 131 Å². The quantitative estimate of drug-likeness (QED) is 0.679. The van der Waals surface area contributed by atoms with E-state index in [2.05, 4.69) is 22.4 Å². The molecule has 1 N–H and O–H groups in total.